The summed E-state index contributed by atoms with van der Waals surface area (Å²) in [4.78, 5) is 38.9. The van der Waals surface area contributed by atoms with Gasteiger partial charge in [0.05, 0.1) is 12.5 Å². The van der Waals surface area contributed by atoms with Crippen LogP contribution in [0.5, 0.6) is 0 Å². The zero-order valence-corrected chi connectivity index (χ0v) is 18.3. The summed E-state index contributed by atoms with van der Waals surface area (Å²) in [5.41, 5.74) is 18.6. The second kappa shape index (κ2) is 11.6. The molecule has 0 fully saturated rings. The Morgan fingerprint density at radius 3 is 2.24 bits per heavy atom. The third-order valence-corrected chi connectivity index (χ3v) is 5.18. The van der Waals surface area contributed by atoms with Crippen molar-refractivity contribution in [1.29, 1.82) is 0 Å². The maximum absolute atomic E-state index is 12.4. The van der Waals surface area contributed by atoms with Gasteiger partial charge >= 0.3 is 11.9 Å². The van der Waals surface area contributed by atoms with Crippen LogP contribution in [0.15, 0.2) is 53.5 Å². The SMILES string of the molecule is C[C@H](C(=O)O)c1ccc(N2Cc3ccccc3C2=O)cc1.NC(N)=NCCC[C@H](N)C(=O)O. The second-order valence-electron chi connectivity index (χ2n) is 7.59. The Labute approximate surface area is 191 Å². The summed E-state index contributed by atoms with van der Waals surface area (Å²) in [6.07, 6.45) is 0.956. The molecular formula is C23H29N5O5. The highest BCUT2D eigenvalue weighted by molar-refractivity contribution is 6.10. The summed E-state index contributed by atoms with van der Waals surface area (Å²) in [7, 11) is 0. The number of carboxylic acid groups (broad SMARTS) is 2. The number of benzene rings is 2. The first-order valence-electron chi connectivity index (χ1n) is 10.4. The van der Waals surface area contributed by atoms with Crippen LogP contribution >= 0.6 is 0 Å². The number of aliphatic imine (C=N–C) groups is 1. The Morgan fingerprint density at radius 1 is 1.06 bits per heavy atom. The second-order valence-corrected chi connectivity index (χ2v) is 7.59. The maximum atomic E-state index is 12.4. The van der Waals surface area contributed by atoms with Gasteiger partial charge in [-0.05, 0) is 49.1 Å². The van der Waals surface area contributed by atoms with Gasteiger partial charge in [-0.1, -0.05) is 30.3 Å². The fourth-order valence-electron chi connectivity index (χ4n) is 3.19. The molecule has 0 saturated heterocycles. The Kier molecular flexibility index (Phi) is 8.93. The van der Waals surface area contributed by atoms with Crippen molar-refractivity contribution >= 4 is 29.5 Å². The third-order valence-electron chi connectivity index (χ3n) is 5.18. The molecule has 2 aromatic rings. The van der Waals surface area contributed by atoms with Gasteiger partial charge < -0.3 is 32.3 Å². The summed E-state index contributed by atoms with van der Waals surface area (Å²) >= 11 is 0. The van der Waals surface area contributed by atoms with Crippen molar-refractivity contribution in [2.45, 2.75) is 38.3 Å². The predicted molar refractivity (Wildman–Crippen MR) is 125 cm³/mol. The molecule has 10 heteroatoms. The molecular weight excluding hydrogens is 426 g/mol. The Morgan fingerprint density at radius 2 is 1.70 bits per heavy atom. The minimum atomic E-state index is -1.00. The first-order chi connectivity index (χ1) is 15.6. The molecule has 1 amide bonds. The Balaban J connectivity index is 0.000000277. The van der Waals surface area contributed by atoms with E-state index in [2.05, 4.69) is 4.99 Å². The van der Waals surface area contributed by atoms with Gasteiger partial charge in [0.1, 0.15) is 6.04 Å². The van der Waals surface area contributed by atoms with Crippen molar-refractivity contribution in [3.63, 3.8) is 0 Å². The van der Waals surface area contributed by atoms with Crippen LogP contribution in [0.25, 0.3) is 0 Å². The summed E-state index contributed by atoms with van der Waals surface area (Å²) in [6.45, 7) is 2.63. The van der Waals surface area contributed by atoms with Gasteiger partial charge in [-0.15, -0.1) is 0 Å². The molecule has 2 atom stereocenters. The first kappa shape index (κ1) is 25.3. The van der Waals surface area contributed by atoms with Crippen LogP contribution < -0.4 is 22.1 Å². The van der Waals surface area contributed by atoms with Gasteiger partial charge in [0.25, 0.3) is 5.91 Å². The van der Waals surface area contributed by atoms with E-state index >= 15 is 0 Å². The predicted octanol–water partition coefficient (Wildman–Crippen LogP) is 1.49. The molecule has 1 aliphatic heterocycles. The highest BCUT2D eigenvalue weighted by Gasteiger charge is 2.28. The molecule has 0 unspecified atom stereocenters. The molecule has 0 bridgehead atoms. The minimum Gasteiger partial charge on any atom is -0.481 e. The van der Waals surface area contributed by atoms with Crippen LogP contribution in [0, 0.1) is 0 Å². The van der Waals surface area contributed by atoms with Crippen LogP contribution in [0.1, 0.15) is 47.2 Å². The van der Waals surface area contributed by atoms with Crippen LogP contribution in [-0.4, -0.2) is 46.6 Å². The lowest BCUT2D eigenvalue weighted by Gasteiger charge is -2.16. The number of carboxylic acids is 2. The van der Waals surface area contributed by atoms with Gasteiger partial charge in [0.15, 0.2) is 5.96 Å². The lowest BCUT2D eigenvalue weighted by Crippen LogP contribution is -2.30. The van der Waals surface area contributed by atoms with E-state index in [1.165, 1.54) is 0 Å². The highest BCUT2D eigenvalue weighted by Crippen LogP contribution is 2.29. The number of carbonyl (C=O) groups excluding carboxylic acids is 1. The molecule has 0 radical (unpaired) electrons. The van der Waals surface area contributed by atoms with E-state index in [4.69, 9.17) is 27.4 Å². The molecule has 10 nitrogen and oxygen atoms in total. The van der Waals surface area contributed by atoms with Crippen LogP contribution in [0.2, 0.25) is 0 Å². The van der Waals surface area contributed by atoms with Crippen molar-refractivity contribution in [3.05, 3.63) is 65.2 Å². The van der Waals surface area contributed by atoms with Gasteiger partial charge in [0.2, 0.25) is 0 Å². The number of hydrogen-bond donors (Lipinski definition) is 5. The number of carbonyl (C=O) groups is 3. The van der Waals surface area contributed by atoms with Gasteiger partial charge in [-0.3, -0.25) is 19.4 Å². The van der Waals surface area contributed by atoms with Gasteiger partial charge in [0, 0.05) is 17.8 Å². The van der Waals surface area contributed by atoms with E-state index < -0.39 is 23.9 Å². The van der Waals surface area contributed by atoms with Crippen molar-refractivity contribution < 1.29 is 24.6 Å². The normalized spacial score (nSPS) is 13.9. The van der Waals surface area contributed by atoms with E-state index in [1.807, 2.05) is 24.3 Å². The summed E-state index contributed by atoms with van der Waals surface area (Å²) < 4.78 is 0. The number of amides is 1. The molecule has 0 aliphatic carbocycles. The summed E-state index contributed by atoms with van der Waals surface area (Å²) in [5.74, 6) is -2.40. The quantitative estimate of drug-likeness (QED) is 0.225. The summed E-state index contributed by atoms with van der Waals surface area (Å²) in [5, 5.41) is 17.4. The molecule has 1 heterocycles. The first-order valence-corrected chi connectivity index (χ1v) is 10.4. The molecule has 1 aliphatic rings. The largest absolute Gasteiger partial charge is 0.481 e. The average Bonchev–Trinajstić information content (AvgIpc) is 3.13. The summed E-state index contributed by atoms with van der Waals surface area (Å²) in [6, 6.07) is 13.9. The lowest BCUT2D eigenvalue weighted by atomic mass is 10.0. The number of aliphatic carboxylic acids is 2. The third kappa shape index (κ3) is 7.04. The molecule has 3 rings (SSSR count). The Bertz CT molecular complexity index is 1020. The van der Waals surface area contributed by atoms with Crippen LogP contribution in [0.4, 0.5) is 5.69 Å². The number of anilines is 1. The molecule has 0 spiro atoms. The lowest BCUT2D eigenvalue weighted by molar-refractivity contribution is -0.139. The van der Waals surface area contributed by atoms with E-state index in [-0.39, 0.29) is 11.9 Å². The van der Waals surface area contributed by atoms with E-state index in [9.17, 15) is 14.4 Å². The van der Waals surface area contributed by atoms with Crippen molar-refractivity contribution in [3.8, 4) is 0 Å². The molecule has 2 aromatic carbocycles. The van der Waals surface area contributed by atoms with Gasteiger partial charge in [-0.2, -0.15) is 0 Å². The number of guanidine groups is 1. The number of hydrogen-bond acceptors (Lipinski definition) is 5. The fourth-order valence-corrected chi connectivity index (χ4v) is 3.19. The van der Waals surface area contributed by atoms with Crippen LogP contribution in [0.3, 0.4) is 0 Å². The van der Waals surface area contributed by atoms with Crippen LogP contribution in [-0.2, 0) is 16.1 Å². The van der Waals surface area contributed by atoms with Crippen molar-refractivity contribution in [2.75, 3.05) is 11.4 Å². The number of nitrogens with zero attached hydrogens (tertiary/aromatic N) is 2. The standard InChI is InChI=1S/C17H15NO3.C6H14N4O2/c1-11(17(20)21)12-6-8-14(9-7-12)18-10-13-4-2-3-5-15(13)16(18)19;7-4(5(11)12)2-1-3-10-6(8)9/h2-9,11H,10H2,1H3,(H,20,21);4H,1-3,7H2,(H,11,12)(H4,8,9,10)/t11-;4-/m00/s1. The Hall–Kier alpha value is -3.92. The monoisotopic (exact) mass is 455 g/mol. The van der Waals surface area contributed by atoms with Gasteiger partial charge in [-0.25, -0.2) is 0 Å². The molecule has 176 valence electrons. The molecule has 8 N–H and O–H groups in total. The molecule has 0 saturated carbocycles. The zero-order chi connectivity index (χ0) is 24.5. The van der Waals surface area contributed by atoms with E-state index in [0.717, 1.165) is 22.4 Å². The van der Waals surface area contributed by atoms with Crippen molar-refractivity contribution in [1.82, 2.24) is 0 Å². The fraction of sp³-hybridized carbons (Fsp3) is 0.304. The number of fused-ring (bicyclic) bond motifs is 1. The highest BCUT2D eigenvalue weighted by atomic mass is 16.4. The molecule has 33 heavy (non-hydrogen) atoms. The smallest absolute Gasteiger partial charge is 0.320 e. The van der Waals surface area contributed by atoms with E-state index in [0.29, 0.717) is 25.9 Å². The van der Waals surface area contributed by atoms with Crippen molar-refractivity contribution in [2.24, 2.45) is 22.2 Å². The topological polar surface area (TPSA) is 185 Å². The maximum Gasteiger partial charge on any atom is 0.320 e. The average molecular weight is 456 g/mol. The zero-order valence-electron chi connectivity index (χ0n) is 18.3. The molecule has 0 aromatic heterocycles. The number of nitrogens with two attached hydrogens (primary N) is 3. The minimum absolute atomic E-state index is 0.00960. The number of rotatable bonds is 8. The van der Waals surface area contributed by atoms with E-state index in [1.54, 1.807) is 36.1 Å².